The minimum atomic E-state index is -3.94. The van der Waals surface area contributed by atoms with Crippen LogP contribution in [0.5, 0.6) is 0 Å². The highest BCUT2D eigenvalue weighted by atomic mass is 32.2. The fourth-order valence-corrected chi connectivity index (χ4v) is 5.48. The number of imidazole rings is 1. The highest BCUT2D eigenvalue weighted by Gasteiger charge is 2.28. The number of ketones is 1. The van der Waals surface area contributed by atoms with Crippen molar-refractivity contribution in [2.75, 3.05) is 26.0 Å². The van der Waals surface area contributed by atoms with Gasteiger partial charge < -0.3 is 30.7 Å². The number of nitrogens with zero attached hydrogens (tertiary/aromatic N) is 3. The molecular formula is C33H45N7O8S. The van der Waals surface area contributed by atoms with Gasteiger partial charge in [0.1, 0.15) is 23.3 Å². The van der Waals surface area contributed by atoms with E-state index in [1.165, 1.54) is 48.4 Å². The Kier molecular flexibility index (Phi) is 15.5. The molecule has 0 unspecified atom stereocenters. The number of benzene rings is 1. The summed E-state index contributed by atoms with van der Waals surface area (Å²) in [4.78, 5) is 82.3. The van der Waals surface area contributed by atoms with Gasteiger partial charge in [-0.3, -0.25) is 28.8 Å². The number of hydrogen-bond acceptors (Lipinski definition) is 9. The molecule has 0 fully saturated rings. The predicted octanol–water partition coefficient (Wildman–Crippen LogP) is 0.921. The zero-order chi connectivity index (χ0) is 36.7. The number of hydrogen-bond donors (Lipinski definition) is 4. The first kappa shape index (κ1) is 40.1. The molecule has 49 heavy (non-hydrogen) atoms. The van der Waals surface area contributed by atoms with E-state index in [0.29, 0.717) is 12.5 Å². The summed E-state index contributed by atoms with van der Waals surface area (Å²) in [6.45, 7) is 9.54. The monoisotopic (exact) mass is 699 g/mol. The van der Waals surface area contributed by atoms with Crippen molar-refractivity contribution >= 4 is 45.2 Å². The summed E-state index contributed by atoms with van der Waals surface area (Å²) in [5, 5.41) is 9.80. The highest BCUT2D eigenvalue weighted by Crippen LogP contribution is 2.12. The number of sulfone groups is 1. The van der Waals surface area contributed by atoms with Gasteiger partial charge in [0.25, 0.3) is 17.7 Å². The SMILES string of the molecule is C=C/C=C(/NC(=O)[C@H](CCC(=O)C(=O)NCS(=O)(=O)c1ccc(C)cc1)NC(=O)c1cncn1C)C(=O)N(C)CC(=O)NCC(CC)CC. The van der Waals surface area contributed by atoms with Crippen molar-refractivity contribution in [1.29, 1.82) is 0 Å². The number of allylic oxidation sites excluding steroid dienone is 2. The van der Waals surface area contributed by atoms with Crippen LogP contribution in [0.4, 0.5) is 0 Å². The lowest BCUT2D eigenvalue weighted by Crippen LogP contribution is -2.49. The fourth-order valence-electron chi connectivity index (χ4n) is 4.44. The van der Waals surface area contributed by atoms with Crippen LogP contribution in [0.15, 0.2) is 66.1 Å². The molecule has 16 heteroatoms. The normalized spacial score (nSPS) is 12.1. The first-order valence-electron chi connectivity index (χ1n) is 15.7. The molecule has 2 aromatic rings. The minimum absolute atomic E-state index is 0.0358. The number of aryl methyl sites for hydroxylation is 2. The van der Waals surface area contributed by atoms with Crippen LogP contribution in [0.3, 0.4) is 0 Å². The van der Waals surface area contributed by atoms with Crippen LogP contribution in [-0.4, -0.2) is 90.2 Å². The number of rotatable bonds is 19. The summed E-state index contributed by atoms with van der Waals surface area (Å²) in [7, 11) is -1.01. The summed E-state index contributed by atoms with van der Waals surface area (Å²) in [5.74, 6) is -5.52. The summed E-state index contributed by atoms with van der Waals surface area (Å²) in [5.41, 5.74) is 0.659. The van der Waals surface area contributed by atoms with Crippen LogP contribution in [0.2, 0.25) is 0 Å². The van der Waals surface area contributed by atoms with Crippen LogP contribution in [-0.2, 0) is 40.9 Å². The van der Waals surface area contributed by atoms with Crippen molar-refractivity contribution in [3.05, 3.63) is 72.5 Å². The lowest BCUT2D eigenvalue weighted by atomic mass is 10.0. The van der Waals surface area contributed by atoms with Gasteiger partial charge in [0.2, 0.25) is 17.6 Å². The molecule has 0 saturated heterocycles. The fraction of sp³-hybridized carbons (Fsp3) is 0.424. The smallest absolute Gasteiger partial charge is 0.288 e. The molecule has 1 heterocycles. The minimum Gasteiger partial charge on any atom is -0.354 e. The third kappa shape index (κ3) is 12.4. The standard InChI is InChI=1S/C33H45N7O8S/c1-7-10-26(33(46)39(5)19-29(42)35-17-23(8-2)9-3)38-30(43)25(37-31(44)27-18-34-20-40(27)6)15-16-28(41)32(45)36-21-49(47,48)24-13-11-22(4)12-14-24/h7,10-14,18,20,23,25H,1,8-9,15-17,19,21H2,2-6H3,(H,35,42)(H,36,45)(H,37,44)(H,38,43)/b26-10+/t25-/m0/s1. The van der Waals surface area contributed by atoms with Gasteiger partial charge in [-0.2, -0.15) is 0 Å². The first-order chi connectivity index (χ1) is 23.1. The third-order valence-corrected chi connectivity index (χ3v) is 9.14. The molecule has 4 N–H and O–H groups in total. The predicted molar refractivity (Wildman–Crippen MR) is 181 cm³/mol. The van der Waals surface area contributed by atoms with Crippen molar-refractivity contribution < 1.29 is 37.2 Å². The molecule has 0 radical (unpaired) electrons. The maximum absolute atomic E-state index is 13.5. The van der Waals surface area contributed by atoms with Gasteiger partial charge in [-0.25, -0.2) is 13.4 Å². The number of nitrogens with one attached hydrogen (secondary N) is 4. The lowest BCUT2D eigenvalue weighted by molar-refractivity contribution is -0.138. The lowest BCUT2D eigenvalue weighted by Gasteiger charge is -2.22. The van der Waals surface area contributed by atoms with Crippen molar-refractivity contribution in [2.24, 2.45) is 13.0 Å². The summed E-state index contributed by atoms with van der Waals surface area (Å²) < 4.78 is 26.6. The number of carbonyl (C=O) groups is 6. The third-order valence-electron chi connectivity index (χ3n) is 7.63. The molecule has 0 spiro atoms. The Bertz CT molecular complexity index is 1660. The molecule has 5 amide bonds. The Morgan fingerprint density at radius 1 is 1.04 bits per heavy atom. The van der Waals surface area contributed by atoms with E-state index in [-0.39, 0.29) is 22.8 Å². The second-order valence-electron chi connectivity index (χ2n) is 11.4. The largest absolute Gasteiger partial charge is 0.354 e. The van der Waals surface area contributed by atoms with E-state index in [2.05, 4.69) is 32.8 Å². The highest BCUT2D eigenvalue weighted by molar-refractivity contribution is 7.91. The zero-order valence-corrected chi connectivity index (χ0v) is 29.3. The molecule has 15 nitrogen and oxygen atoms in total. The maximum atomic E-state index is 13.5. The van der Waals surface area contributed by atoms with Gasteiger partial charge in [0, 0.05) is 27.1 Å². The Morgan fingerprint density at radius 2 is 1.69 bits per heavy atom. The van der Waals surface area contributed by atoms with E-state index in [1.54, 1.807) is 26.1 Å². The van der Waals surface area contributed by atoms with E-state index in [4.69, 9.17) is 0 Å². The van der Waals surface area contributed by atoms with Crippen LogP contribution in [0.1, 0.15) is 55.6 Å². The summed E-state index contributed by atoms with van der Waals surface area (Å²) in [6, 6.07) is 4.52. The first-order valence-corrected chi connectivity index (χ1v) is 17.3. The van der Waals surface area contributed by atoms with E-state index in [0.717, 1.165) is 23.3 Å². The van der Waals surface area contributed by atoms with Gasteiger partial charge in [-0.15, -0.1) is 0 Å². The average Bonchev–Trinajstić information content (AvgIpc) is 3.51. The van der Waals surface area contributed by atoms with Crippen molar-refractivity contribution in [3.8, 4) is 0 Å². The van der Waals surface area contributed by atoms with Gasteiger partial charge in [-0.1, -0.05) is 57.0 Å². The van der Waals surface area contributed by atoms with E-state index in [9.17, 15) is 37.2 Å². The molecule has 1 aromatic heterocycles. The molecule has 1 aromatic carbocycles. The Labute approximate surface area is 286 Å². The number of aromatic nitrogens is 2. The Morgan fingerprint density at radius 3 is 2.27 bits per heavy atom. The zero-order valence-electron chi connectivity index (χ0n) is 28.4. The van der Waals surface area contributed by atoms with Crippen molar-refractivity contribution in [2.45, 2.75) is 57.4 Å². The van der Waals surface area contributed by atoms with E-state index in [1.807, 2.05) is 13.8 Å². The molecular weight excluding hydrogens is 654 g/mol. The van der Waals surface area contributed by atoms with Crippen LogP contribution >= 0.6 is 0 Å². The van der Waals surface area contributed by atoms with Gasteiger partial charge in [-0.05, 0) is 37.5 Å². The molecule has 0 aliphatic carbocycles. The molecule has 0 bridgehead atoms. The van der Waals surface area contributed by atoms with Crippen LogP contribution < -0.4 is 21.3 Å². The quantitative estimate of drug-likeness (QED) is 0.0933. The summed E-state index contributed by atoms with van der Waals surface area (Å²) >= 11 is 0. The number of carbonyl (C=O) groups excluding carboxylic acids is 6. The van der Waals surface area contributed by atoms with Gasteiger partial charge in [0.15, 0.2) is 9.84 Å². The topological polar surface area (TPSA) is 206 Å². The van der Waals surface area contributed by atoms with Gasteiger partial charge >= 0.3 is 0 Å². The Hall–Kier alpha value is -5.12. The van der Waals surface area contributed by atoms with E-state index >= 15 is 0 Å². The second kappa shape index (κ2) is 19.0. The molecule has 0 aliphatic rings. The molecule has 0 aliphatic heterocycles. The Balaban J connectivity index is 2.14. The van der Waals surface area contributed by atoms with Crippen molar-refractivity contribution in [1.82, 2.24) is 35.7 Å². The van der Waals surface area contributed by atoms with E-state index < -0.39 is 69.9 Å². The van der Waals surface area contributed by atoms with Gasteiger partial charge in [0.05, 0.1) is 24.0 Å². The second-order valence-corrected chi connectivity index (χ2v) is 13.4. The summed E-state index contributed by atoms with van der Waals surface area (Å²) in [6.07, 6.45) is 5.89. The molecule has 1 atom stereocenters. The average molecular weight is 700 g/mol. The molecule has 2 rings (SSSR count). The van der Waals surface area contributed by atoms with Crippen molar-refractivity contribution in [3.63, 3.8) is 0 Å². The maximum Gasteiger partial charge on any atom is 0.288 e. The van der Waals surface area contributed by atoms with Crippen LogP contribution in [0.25, 0.3) is 0 Å². The number of likely N-dealkylation sites (N-methyl/N-ethyl adjacent to an activating group) is 1. The molecule has 266 valence electrons. The van der Waals surface area contributed by atoms with Crippen LogP contribution in [0, 0.1) is 12.8 Å². The number of amides is 5. The number of Topliss-reactive ketones (excluding diaryl/α,β-unsaturated/α-hetero) is 1. The molecule has 0 saturated carbocycles.